The summed E-state index contributed by atoms with van der Waals surface area (Å²) in [7, 11) is 0. The van der Waals surface area contributed by atoms with E-state index in [1.54, 1.807) is 61.2 Å². The van der Waals surface area contributed by atoms with Crippen molar-refractivity contribution >= 4 is 5.91 Å². The molecule has 4 rings (SSSR count). The minimum absolute atomic E-state index is 0.199. The molecule has 1 amide bonds. The first-order valence-electron chi connectivity index (χ1n) is 8.95. The van der Waals surface area contributed by atoms with Gasteiger partial charge in [0.15, 0.2) is 17.3 Å². The van der Waals surface area contributed by atoms with Gasteiger partial charge in [-0.25, -0.2) is 9.97 Å². The smallest absolute Gasteiger partial charge is 0.271 e. The van der Waals surface area contributed by atoms with Gasteiger partial charge in [0.25, 0.3) is 5.91 Å². The monoisotopic (exact) mass is 393 g/mol. The number of benzene rings is 1. The molecule has 7 nitrogen and oxygen atoms in total. The lowest BCUT2D eigenvalue weighted by atomic mass is 10.1. The minimum atomic E-state index is -0.847. The molecular weight excluding hydrogens is 378 g/mol. The van der Waals surface area contributed by atoms with Crippen molar-refractivity contribution in [2.24, 2.45) is 5.73 Å². The van der Waals surface area contributed by atoms with Crippen LogP contribution in [0.1, 0.15) is 21.6 Å². The third kappa shape index (κ3) is 3.98. The van der Waals surface area contributed by atoms with Crippen LogP contribution in [-0.2, 0) is 0 Å². The second-order valence-corrected chi connectivity index (χ2v) is 6.27. The standard InChI is InChI=1S/C23H15N5O2/c24-22(30)20-21(29)19(27-23(28-20)18-4-2-12-26-14-18)17-9-7-15(8-10-17)5-6-16-3-1-11-25-13-16/h1-4,7-14,29H,(H2,24,30). The highest BCUT2D eigenvalue weighted by molar-refractivity contribution is 5.96. The van der Waals surface area contributed by atoms with E-state index in [9.17, 15) is 9.90 Å². The Bertz CT molecular complexity index is 1260. The normalized spacial score (nSPS) is 10.1. The molecule has 3 aromatic heterocycles. The Morgan fingerprint density at radius 2 is 1.53 bits per heavy atom. The Kier molecular flexibility index (Phi) is 5.14. The second-order valence-electron chi connectivity index (χ2n) is 6.27. The first-order chi connectivity index (χ1) is 14.6. The third-order valence-electron chi connectivity index (χ3n) is 4.21. The van der Waals surface area contributed by atoms with Gasteiger partial charge in [0, 0.05) is 47.0 Å². The van der Waals surface area contributed by atoms with E-state index in [1.807, 2.05) is 12.1 Å². The van der Waals surface area contributed by atoms with Crippen molar-refractivity contribution < 1.29 is 9.90 Å². The number of aromatic hydroxyl groups is 1. The molecule has 3 heterocycles. The Morgan fingerprint density at radius 3 is 2.17 bits per heavy atom. The van der Waals surface area contributed by atoms with Crippen molar-refractivity contribution in [3.63, 3.8) is 0 Å². The molecule has 7 heteroatoms. The van der Waals surface area contributed by atoms with Crippen molar-refractivity contribution in [1.82, 2.24) is 19.9 Å². The molecule has 0 spiro atoms. The molecule has 0 atom stereocenters. The Balaban J connectivity index is 1.74. The van der Waals surface area contributed by atoms with Gasteiger partial charge >= 0.3 is 0 Å². The fourth-order valence-corrected chi connectivity index (χ4v) is 2.74. The van der Waals surface area contributed by atoms with E-state index in [2.05, 4.69) is 31.8 Å². The third-order valence-corrected chi connectivity index (χ3v) is 4.21. The topological polar surface area (TPSA) is 115 Å². The molecule has 0 unspecified atom stereocenters. The van der Waals surface area contributed by atoms with Crippen LogP contribution in [0.3, 0.4) is 0 Å². The molecule has 144 valence electrons. The van der Waals surface area contributed by atoms with E-state index in [4.69, 9.17) is 5.73 Å². The number of nitrogens with zero attached hydrogens (tertiary/aromatic N) is 4. The fraction of sp³-hybridized carbons (Fsp3) is 0. The summed E-state index contributed by atoms with van der Waals surface area (Å²) in [5.41, 5.74) is 8.12. The molecule has 0 saturated carbocycles. The molecule has 0 aliphatic carbocycles. The maximum absolute atomic E-state index is 11.8. The zero-order chi connectivity index (χ0) is 20.9. The number of amides is 1. The van der Waals surface area contributed by atoms with Crippen LogP contribution < -0.4 is 5.73 Å². The zero-order valence-corrected chi connectivity index (χ0v) is 15.6. The number of nitrogens with two attached hydrogens (primary N) is 1. The average Bonchev–Trinajstić information content (AvgIpc) is 2.79. The van der Waals surface area contributed by atoms with Crippen molar-refractivity contribution in [1.29, 1.82) is 0 Å². The molecule has 3 N–H and O–H groups in total. The number of primary amides is 1. The van der Waals surface area contributed by atoms with E-state index >= 15 is 0 Å². The molecule has 4 aromatic rings. The number of carbonyl (C=O) groups excluding carboxylic acids is 1. The summed E-state index contributed by atoms with van der Waals surface area (Å²) in [4.78, 5) is 28.4. The van der Waals surface area contributed by atoms with Crippen LogP contribution in [0.25, 0.3) is 22.6 Å². The predicted octanol–water partition coefficient (Wildman–Crippen LogP) is 2.80. The van der Waals surface area contributed by atoms with Crippen LogP contribution in [0.5, 0.6) is 5.75 Å². The highest BCUT2D eigenvalue weighted by Gasteiger charge is 2.19. The summed E-state index contributed by atoms with van der Waals surface area (Å²) >= 11 is 0. The Labute approximate surface area is 172 Å². The summed E-state index contributed by atoms with van der Waals surface area (Å²) in [5, 5.41) is 10.5. The summed E-state index contributed by atoms with van der Waals surface area (Å²) in [6.07, 6.45) is 6.56. The Hall–Kier alpha value is -4.57. The van der Waals surface area contributed by atoms with Gasteiger partial charge < -0.3 is 10.8 Å². The number of pyridine rings is 2. The van der Waals surface area contributed by atoms with Gasteiger partial charge in [0.1, 0.15) is 5.69 Å². The van der Waals surface area contributed by atoms with Crippen LogP contribution >= 0.6 is 0 Å². The molecule has 0 bridgehead atoms. The van der Waals surface area contributed by atoms with E-state index in [-0.39, 0.29) is 23.0 Å². The molecular formula is C23H15N5O2. The van der Waals surface area contributed by atoms with E-state index < -0.39 is 5.91 Å². The number of aromatic nitrogens is 4. The minimum Gasteiger partial charge on any atom is -0.504 e. The van der Waals surface area contributed by atoms with Crippen molar-refractivity contribution in [2.45, 2.75) is 0 Å². The average molecular weight is 393 g/mol. The summed E-state index contributed by atoms with van der Waals surface area (Å²) in [6, 6.07) is 14.3. The second kappa shape index (κ2) is 8.20. The van der Waals surface area contributed by atoms with Gasteiger partial charge in [-0.2, -0.15) is 0 Å². The van der Waals surface area contributed by atoms with Gasteiger partial charge in [-0.15, -0.1) is 0 Å². The van der Waals surface area contributed by atoms with Crippen LogP contribution in [0.4, 0.5) is 0 Å². The van der Waals surface area contributed by atoms with E-state index in [0.717, 1.165) is 11.1 Å². The fourth-order valence-electron chi connectivity index (χ4n) is 2.74. The quantitative estimate of drug-likeness (QED) is 0.517. The zero-order valence-electron chi connectivity index (χ0n) is 15.6. The lowest BCUT2D eigenvalue weighted by Crippen LogP contribution is -2.15. The number of hydrogen-bond acceptors (Lipinski definition) is 6. The van der Waals surface area contributed by atoms with Gasteiger partial charge in [-0.1, -0.05) is 24.0 Å². The largest absolute Gasteiger partial charge is 0.504 e. The predicted molar refractivity (Wildman–Crippen MR) is 111 cm³/mol. The molecule has 0 saturated heterocycles. The van der Waals surface area contributed by atoms with Crippen molar-refractivity contribution in [3.8, 4) is 40.2 Å². The highest BCUT2D eigenvalue weighted by atomic mass is 16.3. The van der Waals surface area contributed by atoms with Crippen LogP contribution in [0.15, 0.2) is 73.3 Å². The van der Waals surface area contributed by atoms with Gasteiger partial charge in [0.05, 0.1) is 0 Å². The summed E-state index contributed by atoms with van der Waals surface area (Å²) < 4.78 is 0. The van der Waals surface area contributed by atoms with E-state index in [0.29, 0.717) is 11.1 Å². The van der Waals surface area contributed by atoms with Crippen LogP contribution in [0, 0.1) is 11.8 Å². The van der Waals surface area contributed by atoms with Crippen LogP contribution in [0.2, 0.25) is 0 Å². The van der Waals surface area contributed by atoms with Gasteiger partial charge in [-0.05, 0) is 36.4 Å². The lowest BCUT2D eigenvalue weighted by Gasteiger charge is -2.10. The number of hydrogen-bond donors (Lipinski definition) is 2. The van der Waals surface area contributed by atoms with E-state index in [1.165, 1.54) is 0 Å². The number of carbonyl (C=O) groups is 1. The molecule has 30 heavy (non-hydrogen) atoms. The molecule has 0 fully saturated rings. The van der Waals surface area contributed by atoms with Gasteiger partial charge in [-0.3, -0.25) is 14.8 Å². The van der Waals surface area contributed by atoms with Crippen LogP contribution in [-0.4, -0.2) is 30.9 Å². The summed E-state index contributed by atoms with van der Waals surface area (Å²) in [5.74, 6) is 5.11. The number of rotatable bonds is 3. The SMILES string of the molecule is NC(=O)c1nc(-c2cccnc2)nc(-c2ccc(C#Cc3cccnc3)cc2)c1O. The lowest BCUT2D eigenvalue weighted by molar-refractivity contribution is 0.0992. The van der Waals surface area contributed by atoms with Gasteiger partial charge in [0.2, 0.25) is 0 Å². The Morgan fingerprint density at radius 1 is 0.833 bits per heavy atom. The maximum Gasteiger partial charge on any atom is 0.271 e. The first kappa shape index (κ1) is 18.8. The molecule has 1 aromatic carbocycles. The van der Waals surface area contributed by atoms with Crippen molar-refractivity contribution in [3.05, 3.63) is 90.1 Å². The van der Waals surface area contributed by atoms with Crippen molar-refractivity contribution in [2.75, 3.05) is 0 Å². The maximum atomic E-state index is 11.8. The molecule has 0 radical (unpaired) electrons. The first-order valence-corrected chi connectivity index (χ1v) is 8.95. The highest BCUT2D eigenvalue weighted by Crippen LogP contribution is 2.31. The molecule has 0 aliphatic rings. The molecule has 0 aliphatic heterocycles. The summed E-state index contributed by atoms with van der Waals surface area (Å²) in [6.45, 7) is 0.